The summed E-state index contributed by atoms with van der Waals surface area (Å²) in [6, 6.07) is 60.9. The van der Waals surface area contributed by atoms with E-state index in [1.54, 1.807) is 0 Å². The summed E-state index contributed by atoms with van der Waals surface area (Å²) in [6.45, 7) is 0. The standard InChI is InChI=1S/C43H28N2/c1-2-14-33(15-3-1)45-40-21-11-5-13-32(40)28-41(45)30-22-24-31(25-23-30)42-34-16-6-8-18-36(34)43(37-19-9-7-17-35(37)42)39-27-26-29-12-4-10-20-38(29)44-39/h1-28H. The lowest BCUT2D eigenvalue weighted by molar-refractivity contribution is 1.13. The Morgan fingerprint density at radius 3 is 1.67 bits per heavy atom. The summed E-state index contributed by atoms with van der Waals surface area (Å²) in [5.74, 6) is 0. The number of nitrogens with zero attached hydrogens (tertiary/aromatic N) is 2. The number of pyridine rings is 1. The van der Waals surface area contributed by atoms with Crippen LogP contribution in [-0.2, 0) is 0 Å². The molecule has 0 unspecified atom stereocenters. The zero-order valence-corrected chi connectivity index (χ0v) is 24.6. The third-order valence-corrected chi connectivity index (χ3v) is 8.98. The Bertz CT molecular complexity index is 2470. The maximum absolute atomic E-state index is 5.14. The molecule has 210 valence electrons. The summed E-state index contributed by atoms with van der Waals surface area (Å²) >= 11 is 0. The highest BCUT2D eigenvalue weighted by Crippen LogP contribution is 2.44. The molecule has 0 bridgehead atoms. The second kappa shape index (κ2) is 10.3. The summed E-state index contributed by atoms with van der Waals surface area (Å²) < 4.78 is 2.36. The zero-order valence-electron chi connectivity index (χ0n) is 24.6. The lowest BCUT2D eigenvalue weighted by Gasteiger charge is -2.18. The molecule has 0 saturated heterocycles. The largest absolute Gasteiger partial charge is 0.309 e. The molecule has 2 aromatic heterocycles. The van der Waals surface area contributed by atoms with Crippen molar-refractivity contribution in [3.63, 3.8) is 0 Å². The average Bonchev–Trinajstić information content (AvgIpc) is 3.50. The first kappa shape index (κ1) is 25.5. The van der Waals surface area contributed by atoms with Gasteiger partial charge in [0.1, 0.15) is 0 Å². The molecular formula is C43H28N2. The van der Waals surface area contributed by atoms with Crippen molar-refractivity contribution in [1.29, 1.82) is 0 Å². The number of benzene rings is 7. The molecule has 9 aromatic rings. The van der Waals surface area contributed by atoms with Crippen LogP contribution in [0.5, 0.6) is 0 Å². The van der Waals surface area contributed by atoms with E-state index >= 15 is 0 Å². The maximum atomic E-state index is 5.14. The predicted molar refractivity (Wildman–Crippen MR) is 190 cm³/mol. The molecule has 0 aliphatic rings. The van der Waals surface area contributed by atoms with Crippen molar-refractivity contribution in [3.8, 4) is 39.3 Å². The minimum absolute atomic E-state index is 0.997. The fourth-order valence-corrected chi connectivity index (χ4v) is 6.95. The summed E-state index contributed by atoms with van der Waals surface area (Å²) in [5, 5.41) is 7.26. The van der Waals surface area contributed by atoms with Gasteiger partial charge in [-0.1, -0.05) is 133 Å². The summed E-state index contributed by atoms with van der Waals surface area (Å²) in [6.07, 6.45) is 0. The van der Waals surface area contributed by atoms with Gasteiger partial charge >= 0.3 is 0 Å². The smallest absolute Gasteiger partial charge is 0.0722 e. The topological polar surface area (TPSA) is 17.8 Å². The third-order valence-electron chi connectivity index (χ3n) is 8.98. The monoisotopic (exact) mass is 572 g/mol. The Balaban J connectivity index is 1.25. The highest BCUT2D eigenvalue weighted by Gasteiger charge is 2.18. The lowest BCUT2D eigenvalue weighted by atomic mass is 9.87. The van der Waals surface area contributed by atoms with Gasteiger partial charge in [0.15, 0.2) is 0 Å². The molecule has 2 nitrogen and oxygen atoms in total. The van der Waals surface area contributed by atoms with E-state index in [0.717, 1.165) is 22.3 Å². The van der Waals surface area contributed by atoms with E-state index in [1.165, 1.54) is 60.4 Å². The normalized spacial score (nSPS) is 11.6. The first-order valence-corrected chi connectivity index (χ1v) is 15.4. The Morgan fingerprint density at radius 1 is 0.400 bits per heavy atom. The van der Waals surface area contributed by atoms with E-state index in [4.69, 9.17) is 4.98 Å². The Morgan fingerprint density at radius 2 is 0.956 bits per heavy atom. The van der Waals surface area contributed by atoms with Gasteiger partial charge in [-0.3, -0.25) is 0 Å². The molecule has 2 heteroatoms. The van der Waals surface area contributed by atoms with Crippen molar-refractivity contribution in [3.05, 3.63) is 170 Å². The van der Waals surface area contributed by atoms with Crippen molar-refractivity contribution < 1.29 is 0 Å². The minimum Gasteiger partial charge on any atom is -0.309 e. The summed E-state index contributed by atoms with van der Waals surface area (Å²) in [4.78, 5) is 5.14. The van der Waals surface area contributed by atoms with Gasteiger partial charge in [0.25, 0.3) is 0 Å². The van der Waals surface area contributed by atoms with Gasteiger partial charge in [-0.05, 0) is 74.6 Å². The number of hydrogen-bond acceptors (Lipinski definition) is 1. The molecule has 0 N–H and O–H groups in total. The highest BCUT2D eigenvalue weighted by molar-refractivity contribution is 6.21. The van der Waals surface area contributed by atoms with E-state index in [2.05, 4.69) is 174 Å². The van der Waals surface area contributed by atoms with Crippen LogP contribution in [-0.4, -0.2) is 9.55 Å². The molecule has 0 atom stereocenters. The van der Waals surface area contributed by atoms with Crippen molar-refractivity contribution in [2.75, 3.05) is 0 Å². The fourth-order valence-electron chi connectivity index (χ4n) is 6.95. The van der Waals surface area contributed by atoms with Crippen LogP contribution >= 0.6 is 0 Å². The van der Waals surface area contributed by atoms with Crippen LogP contribution in [0.25, 0.3) is 82.7 Å². The van der Waals surface area contributed by atoms with Gasteiger partial charge in [0.05, 0.1) is 22.4 Å². The molecule has 0 aliphatic heterocycles. The molecule has 0 saturated carbocycles. The van der Waals surface area contributed by atoms with Crippen molar-refractivity contribution in [2.24, 2.45) is 0 Å². The summed E-state index contributed by atoms with van der Waals surface area (Å²) in [5.41, 5.74) is 10.4. The molecule has 0 radical (unpaired) electrons. The van der Waals surface area contributed by atoms with Crippen molar-refractivity contribution >= 4 is 43.4 Å². The van der Waals surface area contributed by atoms with Crippen LogP contribution in [0, 0.1) is 0 Å². The van der Waals surface area contributed by atoms with Gasteiger partial charge in [-0.2, -0.15) is 0 Å². The van der Waals surface area contributed by atoms with Gasteiger partial charge < -0.3 is 4.57 Å². The second-order valence-corrected chi connectivity index (χ2v) is 11.6. The number of rotatable bonds is 4. The number of hydrogen-bond donors (Lipinski definition) is 0. The molecule has 45 heavy (non-hydrogen) atoms. The van der Waals surface area contributed by atoms with Crippen LogP contribution in [0.4, 0.5) is 0 Å². The molecule has 7 aromatic carbocycles. The van der Waals surface area contributed by atoms with Crippen molar-refractivity contribution in [2.45, 2.75) is 0 Å². The van der Waals surface area contributed by atoms with E-state index in [1.807, 2.05) is 0 Å². The molecule has 0 aliphatic carbocycles. The van der Waals surface area contributed by atoms with Gasteiger partial charge in [0, 0.05) is 22.0 Å². The Labute approximate surface area is 261 Å². The molecule has 2 heterocycles. The van der Waals surface area contributed by atoms with Crippen LogP contribution < -0.4 is 0 Å². The van der Waals surface area contributed by atoms with Gasteiger partial charge in [-0.25, -0.2) is 4.98 Å². The number of aromatic nitrogens is 2. The van der Waals surface area contributed by atoms with Crippen LogP contribution in [0.15, 0.2) is 170 Å². The zero-order chi connectivity index (χ0) is 29.7. The second-order valence-electron chi connectivity index (χ2n) is 11.6. The average molecular weight is 573 g/mol. The molecular weight excluding hydrogens is 544 g/mol. The predicted octanol–water partition coefficient (Wildman–Crippen LogP) is 11.5. The molecule has 0 spiro atoms. The first-order chi connectivity index (χ1) is 22.3. The van der Waals surface area contributed by atoms with E-state index < -0.39 is 0 Å². The quantitative estimate of drug-likeness (QED) is 0.192. The Hall–Kier alpha value is -5.99. The third kappa shape index (κ3) is 4.15. The maximum Gasteiger partial charge on any atom is 0.0722 e. The Kier molecular flexibility index (Phi) is 5.85. The highest BCUT2D eigenvalue weighted by atomic mass is 15.0. The minimum atomic E-state index is 0.997. The van der Waals surface area contributed by atoms with E-state index in [0.29, 0.717) is 0 Å². The van der Waals surface area contributed by atoms with Crippen LogP contribution in [0.3, 0.4) is 0 Å². The van der Waals surface area contributed by atoms with E-state index in [9.17, 15) is 0 Å². The number of para-hydroxylation sites is 3. The summed E-state index contributed by atoms with van der Waals surface area (Å²) in [7, 11) is 0. The SMILES string of the molecule is c1ccc(-n2c(-c3ccc(-c4c5ccccc5c(-c5ccc6ccccc6n5)c5ccccc45)cc3)cc3ccccc32)cc1. The lowest BCUT2D eigenvalue weighted by Crippen LogP contribution is -1.96. The molecule has 9 rings (SSSR count). The number of fused-ring (bicyclic) bond motifs is 4. The van der Waals surface area contributed by atoms with Gasteiger partial charge in [0.2, 0.25) is 0 Å². The fraction of sp³-hybridized carbons (Fsp3) is 0. The molecule has 0 fully saturated rings. The molecule has 0 amide bonds. The van der Waals surface area contributed by atoms with Crippen LogP contribution in [0.2, 0.25) is 0 Å². The van der Waals surface area contributed by atoms with E-state index in [-0.39, 0.29) is 0 Å². The van der Waals surface area contributed by atoms with Crippen molar-refractivity contribution in [1.82, 2.24) is 9.55 Å². The van der Waals surface area contributed by atoms with Crippen LogP contribution in [0.1, 0.15) is 0 Å². The van der Waals surface area contributed by atoms with Gasteiger partial charge in [-0.15, -0.1) is 0 Å². The first-order valence-electron chi connectivity index (χ1n) is 15.4.